The Morgan fingerprint density at radius 3 is 2.60 bits per heavy atom. The van der Waals surface area contributed by atoms with Gasteiger partial charge in [0.05, 0.1) is 12.1 Å². The van der Waals surface area contributed by atoms with Crippen LogP contribution in [0, 0.1) is 18.2 Å². The number of aliphatic hydroxyl groups is 1. The third-order valence-electron chi connectivity index (χ3n) is 2.12. The van der Waals surface area contributed by atoms with Gasteiger partial charge >= 0.3 is 0 Å². The summed E-state index contributed by atoms with van der Waals surface area (Å²) in [6.07, 6.45) is 4.51. The van der Waals surface area contributed by atoms with Gasteiger partial charge in [0, 0.05) is 6.54 Å². The summed E-state index contributed by atoms with van der Waals surface area (Å²) in [6.45, 7) is 2.19. The van der Waals surface area contributed by atoms with Gasteiger partial charge in [-0.1, -0.05) is 18.1 Å². The average molecular weight is 207 g/mol. The highest BCUT2D eigenvalue weighted by molar-refractivity contribution is 5.18. The van der Waals surface area contributed by atoms with E-state index in [9.17, 15) is 9.50 Å². The van der Waals surface area contributed by atoms with Crippen molar-refractivity contribution >= 4 is 0 Å². The SMILES string of the molecule is C#CC(C)NCC(O)c1ccc(F)cc1. The fraction of sp³-hybridized carbons (Fsp3) is 0.333. The lowest BCUT2D eigenvalue weighted by Gasteiger charge is -2.13. The van der Waals surface area contributed by atoms with Crippen LogP contribution in [0.5, 0.6) is 0 Å². The van der Waals surface area contributed by atoms with Gasteiger partial charge in [-0.05, 0) is 24.6 Å². The molecule has 2 N–H and O–H groups in total. The standard InChI is InChI=1S/C12H14FNO/c1-3-9(2)14-8-12(15)10-4-6-11(13)7-5-10/h1,4-7,9,12,14-15H,8H2,2H3. The van der Waals surface area contributed by atoms with E-state index in [1.807, 2.05) is 6.92 Å². The molecule has 2 nitrogen and oxygen atoms in total. The molecule has 1 aromatic carbocycles. The Balaban J connectivity index is 2.51. The van der Waals surface area contributed by atoms with E-state index in [-0.39, 0.29) is 11.9 Å². The van der Waals surface area contributed by atoms with Crippen molar-refractivity contribution in [3.8, 4) is 12.3 Å². The van der Waals surface area contributed by atoms with Gasteiger partial charge in [0.15, 0.2) is 0 Å². The highest BCUT2D eigenvalue weighted by Crippen LogP contribution is 2.12. The zero-order valence-electron chi connectivity index (χ0n) is 8.57. The van der Waals surface area contributed by atoms with Crippen molar-refractivity contribution in [1.82, 2.24) is 5.32 Å². The molecule has 0 aliphatic heterocycles. The molecule has 3 heteroatoms. The zero-order chi connectivity index (χ0) is 11.3. The Morgan fingerprint density at radius 1 is 1.47 bits per heavy atom. The Hall–Kier alpha value is -1.37. The van der Waals surface area contributed by atoms with E-state index in [0.717, 1.165) is 0 Å². The number of aliphatic hydroxyl groups excluding tert-OH is 1. The van der Waals surface area contributed by atoms with Gasteiger partial charge in [-0.2, -0.15) is 0 Å². The van der Waals surface area contributed by atoms with Gasteiger partial charge in [-0.25, -0.2) is 4.39 Å². The van der Waals surface area contributed by atoms with Crippen molar-refractivity contribution in [2.75, 3.05) is 6.54 Å². The molecule has 15 heavy (non-hydrogen) atoms. The van der Waals surface area contributed by atoms with Crippen molar-refractivity contribution in [3.05, 3.63) is 35.6 Å². The summed E-state index contributed by atoms with van der Waals surface area (Å²) in [5.41, 5.74) is 0.674. The molecular weight excluding hydrogens is 193 g/mol. The predicted octanol–water partition coefficient (Wildman–Crippen LogP) is 1.47. The molecule has 0 spiro atoms. The third kappa shape index (κ3) is 3.70. The second kappa shape index (κ2) is 5.50. The summed E-state index contributed by atoms with van der Waals surface area (Å²) < 4.78 is 12.6. The lowest BCUT2D eigenvalue weighted by atomic mass is 10.1. The number of halogens is 1. The maximum Gasteiger partial charge on any atom is 0.123 e. The van der Waals surface area contributed by atoms with E-state index < -0.39 is 6.10 Å². The average Bonchev–Trinajstić information content (AvgIpc) is 2.26. The molecule has 0 aromatic heterocycles. The number of hydrogen-bond acceptors (Lipinski definition) is 2. The first-order valence-corrected chi connectivity index (χ1v) is 4.76. The Morgan fingerprint density at radius 2 is 2.07 bits per heavy atom. The van der Waals surface area contributed by atoms with Crippen molar-refractivity contribution in [2.45, 2.75) is 19.1 Å². The second-order valence-corrected chi connectivity index (χ2v) is 3.36. The molecular formula is C12H14FNO. The lowest BCUT2D eigenvalue weighted by molar-refractivity contribution is 0.173. The van der Waals surface area contributed by atoms with Crippen LogP contribution >= 0.6 is 0 Å². The summed E-state index contributed by atoms with van der Waals surface area (Å²) in [4.78, 5) is 0. The maximum atomic E-state index is 12.6. The molecule has 0 bridgehead atoms. The number of hydrogen-bond donors (Lipinski definition) is 2. The first-order chi connectivity index (χ1) is 7.13. The van der Waals surface area contributed by atoms with Crippen LogP contribution in [0.3, 0.4) is 0 Å². The zero-order valence-corrected chi connectivity index (χ0v) is 8.57. The van der Waals surface area contributed by atoms with Crippen LogP contribution in [0.25, 0.3) is 0 Å². The highest BCUT2D eigenvalue weighted by Gasteiger charge is 2.07. The fourth-order valence-corrected chi connectivity index (χ4v) is 1.15. The van der Waals surface area contributed by atoms with E-state index in [1.54, 1.807) is 12.1 Å². The first-order valence-electron chi connectivity index (χ1n) is 4.76. The quantitative estimate of drug-likeness (QED) is 0.733. The van der Waals surface area contributed by atoms with Gasteiger partial charge < -0.3 is 10.4 Å². The first kappa shape index (κ1) is 11.7. The van der Waals surface area contributed by atoms with Crippen LogP contribution in [-0.2, 0) is 0 Å². The van der Waals surface area contributed by atoms with Crippen molar-refractivity contribution < 1.29 is 9.50 Å². The molecule has 1 aromatic rings. The van der Waals surface area contributed by atoms with Crippen LogP contribution in [0.15, 0.2) is 24.3 Å². The summed E-state index contributed by atoms with van der Waals surface area (Å²) in [6, 6.07) is 5.68. The Kier molecular flexibility index (Phi) is 4.29. The molecule has 0 saturated carbocycles. The molecule has 1 rings (SSSR count). The minimum atomic E-state index is -0.665. The number of benzene rings is 1. The van der Waals surface area contributed by atoms with E-state index in [2.05, 4.69) is 11.2 Å². The number of terminal acetylenes is 1. The van der Waals surface area contributed by atoms with E-state index in [0.29, 0.717) is 12.1 Å². The van der Waals surface area contributed by atoms with Gasteiger partial charge in [0.25, 0.3) is 0 Å². The molecule has 0 aliphatic rings. The summed E-state index contributed by atoms with van der Waals surface area (Å²) >= 11 is 0. The third-order valence-corrected chi connectivity index (χ3v) is 2.12. The molecule has 2 atom stereocenters. The van der Waals surface area contributed by atoms with Crippen LogP contribution < -0.4 is 5.32 Å². The minimum absolute atomic E-state index is 0.0832. The Labute approximate surface area is 89.1 Å². The highest BCUT2D eigenvalue weighted by atomic mass is 19.1. The van der Waals surface area contributed by atoms with Crippen LogP contribution in [0.1, 0.15) is 18.6 Å². The molecule has 0 radical (unpaired) electrons. The number of rotatable bonds is 4. The molecule has 80 valence electrons. The molecule has 0 fully saturated rings. The van der Waals surface area contributed by atoms with E-state index in [1.165, 1.54) is 12.1 Å². The summed E-state index contributed by atoms with van der Waals surface area (Å²) in [5.74, 6) is 2.19. The van der Waals surface area contributed by atoms with Crippen molar-refractivity contribution in [1.29, 1.82) is 0 Å². The van der Waals surface area contributed by atoms with Crippen LogP contribution in [0.2, 0.25) is 0 Å². The van der Waals surface area contributed by atoms with Crippen molar-refractivity contribution in [2.24, 2.45) is 0 Å². The topological polar surface area (TPSA) is 32.3 Å². The lowest BCUT2D eigenvalue weighted by Crippen LogP contribution is -2.29. The maximum absolute atomic E-state index is 12.6. The van der Waals surface area contributed by atoms with Gasteiger partial charge in [0.2, 0.25) is 0 Å². The Bertz CT molecular complexity index is 342. The van der Waals surface area contributed by atoms with Gasteiger partial charge in [0.1, 0.15) is 5.82 Å². The van der Waals surface area contributed by atoms with Gasteiger partial charge in [-0.3, -0.25) is 0 Å². The monoisotopic (exact) mass is 207 g/mol. The van der Waals surface area contributed by atoms with Gasteiger partial charge in [-0.15, -0.1) is 6.42 Å². The number of nitrogens with one attached hydrogen (secondary N) is 1. The molecule has 2 unspecified atom stereocenters. The molecule has 0 amide bonds. The van der Waals surface area contributed by atoms with Crippen molar-refractivity contribution in [3.63, 3.8) is 0 Å². The molecule has 0 heterocycles. The second-order valence-electron chi connectivity index (χ2n) is 3.36. The normalized spacial score (nSPS) is 14.3. The summed E-state index contributed by atoms with van der Waals surface area (Å²) in [5, 5.41) is 12.7. The summed E-state index contributed by atoms with van der Waals surface area (Å²) in [7, 11) is 0. The minimum Gasteiger partial charge on any atom is -0.387 e. The smallest absolute Gasteiger partial charge is 0.123 e. The predicted molar refractivity (Wildman–Crippen MR) is 57.7 cm³/mol. The van der Waals surface area contributed by atoms with E-state index in [4.69, 9.17) is 6.42 Å². The van der Waals surface area contributed by atoms with Crippen LogP contribution in [-0.4, -0.2) is 17.7 Å². The molecule has 0 saturated heterocycles. The molecule has 0 aliphatic carbocycles. The largest absolute Gasteiger partial charge is 0.387 e. The fourth-order valence-electron chi connectivity index (χ4n) is 1.15. The van der Waals surface area contributed by atoms with E-state index >= 15 is 0 Å². The van der Waals surface area contributed by atoms with Crippen LogP contribution in [0.4, 0.5) is 4.39 Å².